The minimum atomic E-state index is 0.599. The number of hydrogen-bond donors (Lipinski definition) is 0. The topological polar surface area (TPSA) is 35.0 Å². The molecule has 0 spiro atoms. The summed E-state index contributed by atoms with van der Waals surface area (Å²) in [7, 11) is 1.59. The summed E-state index contributed by atoms with van der Waals surface area (Å²) in [5, 5.41) is 8.38. The van der Waals surface area contributed by atoms with Crippen LogP contribution in [-0.2, 0) is 5.33 Å². The molecule has 1 heterocycles. The Morgan fingerprint density at radius 2 is 2.36 bits per heavy atom. The van der Waals surface area contributed by atoms with Gasteiger partial charge in [-0.25, -0.2) is 0 Å². The molecule has 0 saturated heterocycles. The van der Waals surface area contributed by atoms with Crippen molar-refractivity contribution in [2.24, 2.45) is 0 Å². The monoisotopic (exact) mass is 216 g/mol. The first-order valence-corrected chi connectivity index (χ1v) is 4.33. The summed E-state index contributed by atoms with van der Waals surface area (Å²) >= 11 is 3.35. The Balaban J connectivity index is 3.10. The molecule has 1 aromatic heterocycles. The third-order valence-electron chi connectivity index (χ3n) is 1.50. The molecule has 3 nitrogen and oxygen atoms in total. The lowest BCUT2D eigenvalue weighted by Crippen LogP contribution is -1.96. The van der Waals surface area contributed by atoms with Crippen molar-refractivity contribution < 1.29 is 4.74 Å². The Hall–Kier alpha value is -0.640. The third kappa shape index (κ3) is 1.68. The second kappa shape index (κ2) is 3.67. The third-order valence-corrected chi connectivity index (χ3v) is 2.11. The lowest BCUT2D eigenvalue weighted by molar-refractivity contribution is 0.388. The molecule has 11 heavy (non-hydrogen) atoms. The second-order valence-electron chi connectivity index (χ2n) is 2.14. The van der Waals surface area contributed by atoms with Crippen molar-refractivity contribution in [3.8, 4) is 5.88 Å². The summed E-state index contributed by atoms with van der Waals surface area (Å²) in [4.78, 5) is 0. The van der Waals surface area contributed by atoms with E-state index in [2.05, 4.69) is 26.1 Å². The Morgan fingerprint density at radius 1 is 1.64 bits per heavy atom. The van der Waals surface area contributed by atoms with Crippen LogP contribution < -0.4 is 4.74 Å². The highest BCUT2D eigenvalue weighted by atomic mass is 79.9. The van der Waals surface area contributed by atoms with Gasteiger partial charge in [-0.1, -0.05) is 15.9 Å². The molecule has 0 aromatic carbocycles. The highest BCUT2D eigenvalue weighted by molar-refractivity contribution is 9.08. The molecular formula is C7H9BrN2O. The highest BCUT2D eigenvalue weighted by Gasteiger charge is 2.03. The summed E-state index contributed by atoms with van der Waals surface area (Å²) in [5.74, 6) is 0.599. The van der Waals surface area contributed by atoms with Crippen LogP contribution in [0.25, 0.3) is 0 Å². The van der Waals surface area contributed by atoms with Crippen LogP contribution in [0.15, 0.2) is 6.20 Å². The van der Waals surface area contributed by atoms with E-state index < -0.39 is 0 Å². The van der Waals surface area contributed by atoms with Crippen LogP contribution in [-0.4, -0.2) is 17.3 Å². The number of alkyl halides is 1. The van der Waals surface area contributed by atoms with Gasteiger partial charge in [0, 0.05) is 10.9 Å². The fourth-order valence-corrected chi connectivity index (χ4v) is 1.35. The predicted octanol–water partition coefficient (Wildman–Crippen LogP) is 1.69. The van der Waals surface area contributed by atoms with Crippen LogP contribution in [0.1, 0.15) is 11.1 Å². The molecule has 0 aliphatic carbocycles. The van der Waals surface area contributed by atoms with E-state index in [0.29, 0.717) is 5.88 Å². The minimum absolute atomic E-state index is 0.599. The van der Waals surface area contributed by atoms with Crippen LogP contribution in [0.2, 0.25) is 0 Å². The summed E-state index contributed by atoms with van der Waals surface area (Å²) < 4.78 is 4.99. The fourth-order valence-electron chi connectivity index (χ4n) is 0.789. The van der Waals surface area contributed by atoms with E-state index in [9.17, 15) is 0 Å². The Morgan fingerprint density at radius 3 is 2.91 bits per heavy atom. The van der Waals surface area contributed by atoms with Crippen LogP contribution in [0.4, 0.5) is 0 Å². The van der Waals surface area contributed by atoms with Gasteiger partial charge >= 0.3 is 0 Å². The molecule has 0 radical (unpaired) electrons. The molecule has 60 valence electrons. The van der Waals surface area contributed by atoms with Gasteiger partial charge in [0.05, 0.1) is 13.3 Å². The normalized spacial score (nSPS) is 9.73. The molecule has 1 aromatic rings. The van der Waals surface area contributed by atoms with Gasteiger partial charge in [0.1, 0.15) is 0 Å². The zero-order valence-corrected chi connectivity index (χ0v) is 8.05. The second-order valence-corrected chi connectivity index (χ2v) is 2.70. The van der Waals surface area contributed by atoms with E-state index >= 15 is 0 Å². The van der Waals surface area contributed by atoms with Gasteiger partial charge in [-0.3, -0.25) is 0 Å². The van der Waals surface area contributed by atoms with Gasteiger partial charge in [0.15, 0.2) is 0 Å². The number of ether oxygens (including phenoxy) is 1. The zero-order valence-electron chi connectivity index (χ0n) is 6.47. The maximum Gasteiger partial charge on any atom is 0.236 e. The summed E-state index contributed by atoms with van der Waals surface area (Å²) in [5.41, 5.74) is 2.15. The fraction of sp³-hybridized carbons (Fsp3) is 0.429. The Labute approximate surface area is 73.9 Å². The van der Waals surface area contributed by atoms with E-state index in [1.54, 1.807) is 13.3 Å². The van der Waals surface area contributed by atoms with Crippen LogP contribution in [0.3, 0.4) is 0 Å². The van der Waals surface area contributed by atoms with E-state index in [-0.39, 0.29) is 0 Å². The maximum atomic E-state index is 4.99. The molecule has 0 aliphatic heterocycles. The number of methoxy groups -OCH3 is 1. The summed E-state index contributed by atoms with van der Waals surface area (Å²) in [6.07, 6.45) is 1.73. The van der Waals surface area contributed by atoms with Crippen molar-refractivity contribution in [3.63, 3.8) is 0 Å². The number of rotatable bonds is 2. The average Bonchev–Trinajstić information content (AvgIpc) is 2.05. The molecule has 0 aliphatic rings. The van der Waals surface area contributed by atoms with E-state index in [1.165, 1.54) is 0 Å². The first kappa shape index (κ1) is 8.46. The van der Waals surface area contributed by atoms with Crippen molar-refractivity contribution in [2.75, 3.05) is 7.11 Å². The van der Waals surface area contributed by atoms with Crippen molar-refractivity contribution in [1.29, 1.82) is 0 Å². The van der Waals surface area contributed by atoms with Crippen LogP contribution in [0, 0.1) is 6.92 Å². The quantitative estimate of drug-likeness (QED) is 0.707. The number of aromatic nitrogens is 2. The van der Waals surface area contributed by atoms with Gasteiger partial charge in [0.2, 0.25) is 5.88 Å². The summed E-state index contributed by atoms with van der Waals surface area (Å²) in [6.45, 7) is 1.96. The van der Waals surface area contributed by atoms with Crippen molar-refractivity contribution in [2.45, 2.75) is 12.3 Å². The molecule has 4 heteroatoms. The molecule has 0 unspecified atom stereocenters. The molecule has 0 saturated carbocycles. The summed E-state index contributed by atoms with van der Waals surface area (Å²) in [6, 6.07) is 0. The SMILES string of the molecule is COc1nncc(CBr)c1C. The van der Waals surface area contributed by atoms with Crippen molar-refractivity contribution in [1.82, 2.24) is 10.2 Å². The van der Waals surface area contributed by atoms with Crippen molar-refractivity contribution >= 4 is 15.9 Å². The van der Waals surface area contributed by atoms with Gasteiger partial charge in [-0.05, 0) is 12.5 Å². The van der Waals surface area contributed by atoms with Crippen molar-refractivity contribution in [3.05, 3.63) is 17.3 Å². The van der Waals surface area contributed by atoms with E-state index in [0.717, 1.165) is 16.5 Å². The highest BCUT2D eigenvalue weighted by Crippen LogP contribution is 2.17. The smallest absolute Gasteiger partial charge is 0.236 e. The van der Waals surface area contributed by atoms with Crippen LogP contribution in [0.5, 0.6) is 5.88 Å². The molecule has 0 N–H and O–H groups in total. The van der Waals surface area contributed by atoms with Gasteiger partial charge < -0.3 is 4.74 Å². The molecule has 0 atom stereocenters. The molecule has 1 rings (SSSR count). The predicted molar refractivity (Wildman–Crippen MR) is 46.0 cm³/mol. The van der Waals surface area contributed by atoms with Gasteiger partial charge in [-0.15, -0.1) is 5.10 Å². The van der Waals surface area contributed by atoms with E-state index in [4.69, 9.17) is 4.74 Å². The Bertz CT molecular complexity index is 230. The number of nitrogens with zero attached hydrogens (tertiary/aromatic N) is 2. The van der Waals surface area contributed by atoms with Gasteiger partial charge in [-0.2, -0.15) is 5.10 Å². The van der Waals surface area contributed by atoms with Gasteiger partial charge in [0.25, 0.3) is 0 Å². The first-order chi connectivity index (χ1) is 5.29. The molecule has 0 bridgehead atoms. The largest absolute Gasteiger partial charge is 0.480 e. The van der Waals surface area contributed by atoms with Crippen LogP contribution >= 0.6 is 15.9 Å². The maximum absolute atomic E-state index is 4.99. The zero-order chi connectivity index (χ0) is 8.27. The molecular weight excluding hydrogens is 208 g/mol. The Kier molecular flexibility index (Phi) is 2.82. The van der Waals surface area contributed by atoms with E-state index in [1.807, 2.05) is 6.92 Å². The standard InChI is InChI=1S/C7H9BrN2O/c1-5-6(3-8)4-9-10-7(5)11-2/h4H,3H2,1-2H3. The molecule has 0 amide bonds. The number of halogens is 1. The minimum Gasteiger partial charge on any atom is -0.480 e. The lowest BCUT2D eigenvalue weighted by Gasteiger charge is -2.04. The molecule has 0 fully saturated rings. The first-order valence-electron chi connectivity index (χ1n) is 3.20. The average molecular weight is 217 g/mol. The number of hydrogen-bond acceptors (Lipinski definition) is 3. The lowest BCUT2D eigenvalue weighted by atomic mass is 10.2.